The lowest BCUT2D eigenvalue weighted by Crippen LogP contribution is -2.19. The summed E-state index contributed by atoms with van der Waals surface area (Å²) in [5.41, 5.74) is 2.13. The Morgan fingerprint density at radius 2 is 2.27 bits per heavy atom. The molecule has 0 spiro atoms. The zero-order valence-corrected chi connectivity index (χ0v) is 11.2. The van der Waals surface area contributed by atoms with E-state index in [1.165, 1.54) is 0 Å². The molecule has 0 unspecified atom stereocenters. The Balaban J connectivity index is 2.91. The molecule has 78 valence electrons. The Morgan fingerprint density at radius 1 is 1.53 bits per heavy atom. The van der Waals surface area contributed by atoms with E-state index in [1.54, 1.807) is 17.5 Å². The molecule has 0 atom stereocenters. The fraction of sp³-hybridized carbons (Fsp3) is 0.200. The van der Waals surface area contributed by atoms with Crippen molar-refractivity contribution in [1.29, 1.82) is 0 Å². The summed E-state index contributed by atoms with van der Waals surface area (Å²) in [6, 6.07) is 3.65. The van der Waals surface area contributed by atoms with Crippen molar-refractivity contribution in [3.05, 3.63) is 44.4 Å². The first kappa shape index (κ1) is 10.8. The summed E-state index contributed by atoms with van der Waals surface area (Å²) in [5, 5.41) is 0.594. The van der Waals surface area contributed by atoms with Crippen LogP contribution in [0, 0.1) is 6.92 Å². The van der Waals surface area contributed by atoms with Crippen molar-refractivity contribution in [3.63, 3.8) is 0 Å². The molecule has 0 radical (unpaired) electrons. The van der Waals surface area contributed by atoms with Crippen LogP contribution in [0.4, 0.5) is 0 Å². The van der Waals surface area contributed by atoms with Crippen LogP contribution in [-0.4, -0.2) is 9.38 Å². The second-order valence-corrected chi connectivity index (χ2v) is 4.67. The monoisotopic (exact) mass is 330 g/mol. The van der Waals surface area contributed by atoms with Crippen molar-refractivity contribution in [2.75, 3.05) is 0 Å². The smallest absolute Gasteiger partial charge is 0.261 e. The zero-order valence-electron chi connectivity index (χ0n) is 8.00. The molecular formula is C10H8Br2N2O. The van der Waals surface area contributed by atoms with Crippen LogP contribution < -0.4 is 5.56 Å². The van der Waals surface area contributed by atoms with Crippen molar-refractivity contribution in [3.8, 4) is 0 Å². The number of rotatable bonds is 1. The van der Waals surface area contributed by atoms with Crippen LogP contribution in [-0.2, 0) is 5.33 Å². The second-order valence-electron chi connectivity index (χ2n) is 3.20. The van der Waals surface area contributed by atoms with Crippen LogP contribution in [0.2, 0.25) is 0 Å². The molecule has 2 heterocycles. The molecule has 5 heteroatoms. The van der Waals surface area contributed by atoms with Crippen LogP contribution in [0.15, 0.2) is 27.6 Å². The lowest BCUT2D eigenvalue weighted by molar-refractivity contribution is 0.978. The van der Waals surface area contributed by atoms with Crippen molar-refractivity contribution in [2.45, 2.75) is 12.3 Å². The largest absolute Gasteiger partial charge is 0.269 e. The maximum atomic E-state index is 11.9. The van der Waals surface area contributed by atoms with Crippen LogP contribution in [0.1, 0.15) is 11.3 Å². The van der Waals surface area contributed by atoms with Gasteiger partial charge in [0.1, 0.15) is 5.65 Å². The number of alkyl halides is 1. The Hall–Kier alpha value is -0.680. The number of aromatic nitrogens is 2. The Labute approximate surface area is 103 Å². The lowest BCUT2D eigenvalue weighted by atomic mass is 10.2. The summed E-state index contributed by atoms with van der Waals surface area (Å²) >= 11 is 6.68. The van der Waals surface area contributed by atoms with Gasteiger partial charge in [-0.05, 0) is 19.1 Å². The van der Waals surface area contributed by atoms with Gasteiger partial charge in [-0.2, -0.15) is 0 Å². The molecule has 0 aromatic carbocycles. The third-order valence-corrected chi connectivity index (χ3v) is 3.27. The minimum absolute atomic E-state index is 0.0121. The van der Waals surface area contributed by atoms with Crippen molar-refractivity contribution in [2.24, 2.45) is 0 Å². The summed E-state index contributed by atoms with van der Waals surface area (Å²) < 4.78 is 2.46. The van der Waals surface area contributed by atoms with Gasteiger partial charge in [0.2, 0.25) is 0 Å². The third kappa shape index (κ3) is 1.86. The molecule has 0 N–H and O–H groups in total. The summed E-state index contributed by atoms with van der Waals surface area (Å²) in [5.74, 6) is 0. The molecule has 0 saturated carbocycles. The van der Waals surface area contributed by atoms with E-state index < -0.39 is 0 Å². The van der Waals surface area contributed by atoms with E-state index in [1.807, 2.05) is 12.1 Å². The second kappa shape index (κ2) is 4.06. The topological polar surface area (TPSA) is 34.4 Å². The van der Waals surface area contributed by atoms with E-state index in [0.717, 1.165) is 10.2 Å². The van der Waals surface area contributed by atoms with Gasteiger partial charge in [-0.1, -0.05) is 31.9 Å². The molecule has 15 heavy (non-hydrogen) atoms. The standard InChI is InChI=1S/C10H8Br2N2O/c1-6-8(5-11)13-9-4-7(12)2-3-14(9)10(6)15/h2-4H,5H2,1H3. The van der Waals surface area contributed by atoms with Gasteiger partial charge in [0.25, 0.3) is 5.56 Å². The summed E-state index contributed by atoms with van der Waals surface area (Å²) in [7, 11) is 0. The summed E-state index contributed by atoms with van der Waals surface area (Å²) in [6.45, 7) is 1.79. The molecule has 0 bridgehead atoms. The number of hydrogen-bond acceptors (Lipinski definition) is 2. The van der Waals surface area contributed by atoms with Gasteiger partial charge in [0, 0.05) is 21.6 Å². The van der Waals surface area contributed by atoms with Gasteiger partial charge in [-0.3, -0.25) is 9.20 Å². The van der Waals surface area contributed by atoms with Crippen LogP contribution in [0.3, 0.4) is 0 Å². The van der Waals surface area contributed by atoms with Crippen LogP contribution in [0.5, 0.6) is 0 Å². The Kier molecular flexibility index (Phi) is 2.93. The fourth-order valence-electron chi connectivity index (χ4n) is 1.38. The molecule has 0 aliphatic heterocycles. The highest BCUT2D eigenvalue weighted by Gasteiger charge is 2.07. The minimum Gasteiger partial charge on any atom is -0.269 e. The van der Waals surface area contributed by atoms with Gasteiger partial charge in [-0.15, -0.1) is 0 Å². The van der Waals surface area contributed by atoms with Gasteiger partial charge in [0.05, 0.1) is 5.69 Å². The average molecular weight is 332 g/mol. The molecule has 0 fully saturated rings. The van der Waals surface area contributed by atoms with Gasteiger partial charge < -0.3 is 0 Å². The number of halogens is 2. The number of pyridine rings is 1. The quantitative estimate of drug-likeness (QED) is 0.753. The predicted octanol–water partition coefficient (Wildman–Crippen LogP) is 2.66. The Morgan fingerprint density at radius 3 is 2.93 bits per heavy atom. The van der Waals surface area contributed by atoms with Gasteiger partial charge >= 0.3 is 0 Å². The lowest BCUT2D eigenvalue weighted by Gasteiger charge is -2.05. The molecule has 0 aliphatic rings. The molecular weight excluding hydrogens is 324 g/mol. The molecule has 2 rings (SSSR count). The number of hydrogen-bond donors (Lipinski definition) is 0. The zero-order chi connectivity index (χ0) is 11.0. The van der Waals surface area contributed by atoms with E-state index in [0.29, 0.717) is 16.5 Å². The SMILES string of the molecule is Cc1c(CBr)nc2cc(Br)ccn2c1=O. The normalized spacial score (nSPS) is 10.9. The number of fused-ring (bicyclic) bond motifs is 1. The average Bonchev–Trinajstić information content (AvgIpc) is 2.23. The maximum Gasteiger partial charge on any atom is 0.261 e. The van der Waals surface area contributed by atoms with E-state index in [9.17, 15) is 4.79 Å². The summed E-state index contributed by atoms with van der Waals surface area (Å²) in [6.07, 6.45) is 1.72. The van der Waals surface area contributed by atoms with Crippen molar-refractivity contribution < 1.29 is 0 Å². The molecule has 0 aliphatic carbocycles. The fourth-order valence-corrected chi connectivity index (χ4v) is 2.25. The van der Waals surface area contributed by atoms with E-state index in [2.05, 4.69) is 36.8 Å². The molecule has 0 saturated heterocycles. The first-order valence-corrected chi connectivity index (χ1v) is 6.28. The van der Waals surface area contributed by atoms with Gasteiger partial charge in [0.15, 0.2) is 0 Å². The van der Waals surface area contributed by atoms with Crippen LogP contribution >= 0.6 is 31.9 Å². The first-order chi connectivity index (χ1) is 7.13. The number of nitrogens with zero attached hydrogens (tertiary/aromatic N) is 2. The molecule has 2 aromatic heterocycles. The molecule has 2 aromatic rings. The third-order valence-electron chi connectivity index (χ3n) is 2.25. The molecule has 3 nitrogen and oxygen atoms in total. The highest BCUT2D eigenvalue weighted by atomic mass is 79.9. The predicted molar refractivity (Wildman–Crippen MR) is 66.5 cm³/mol. The van der Waals surface area contributed by atoms with E-state index >= 15 is 0 Å². The summed E-state index contributed by atoms with van der Waals surface area (Å²) in [4.78, 5) is 16.3. The first-order valence-electron chi connectivity index (χ1n) is 4.37. The highest BCUT2D eigenvalue weighted by molar-refractivity contribution is 9.10. The van der Waals surface area contributed by atoms with E-state index in [4.69, 9.17) is 0 Å². The van der Waals surface area contributed by atoms with E-state index in [-0.39, 0.29) is 5.56 Å². The highest BCUT2D eigenvalue weighted by Crippen LogP contribution is 2.12. The van der Waals surface area contributed by atoms with Gasteiger partial charge in [-0.25, -0.2) is 4.98 Å². The van der Waals surface area contributed by atoms with Crippen molar-refractivity contribution in [1.82, 2.24) is 9.38 Å². The van der Waals surface area contributed by atoms with Crippen LogP contribution in [0.25, 0.3) is 5.65 Å². The molecule has 0 amide bonds. The maximum absolute atomic E-state index is 11.9. The Bertz CT molecular complexity index is 577. The van der Waals surface area contributed by atoms with Crippen molar-refractivity contribution >= 4 is 37.5 Å². The minimum atomic E-state index is -0.0121.